The Kier molecular flexibility index (Phi) is 4.38. The first-order valence-corrected chi connectivity index (χ1v) is 5.97. The standard InChI is InChI=1S/C12H14N6O2/c1-9-2-4-10(5-3-9)6-11(19)14-15-12(20)7-18-8-13-16-17-18/h2-5,8H,6-7H2,1H3,(H,14,19)(H,15,20). The van der Waals surface area contributed by atoms with Crippen molar-refractivity contribution in [2.24, 2.45) is 0 Å². The number of hydrogen-bond donors (Lipinski definition) is 2. The summed E-state index contributed by atoms with van der Waals surface area (Å²) in [5.41, 5.74) is 6.64. The van der Waals surface area contributed by atoms with Crippen LogP contribution in [-0.2, 0) is 22.6 Å². The number of hydrazine groups is 1. The zero-order valence-corrected chi connectivity index (χ0v) is 10.9. The Balaban J connectivity index is 1.74. The van der Waals surface area contributed by atoms with Gasteiger partial charge in [0.15, 0.2) is 0 Å². The van der Waals surface area contributed by atoms with E-state index in [1.165, 1.54) is 11.0 Å². The van der Waals surface area contributed by atoms with Crippen LogP contribution in [0, 0.1) is 6.92 Å². The van der Waals surface area contributed by atoms with E-state index >= 15 is 0 Å². The summed E-state index contributed by atoms with van der Waals surface area (Å²) in [4.78, 5) is 23.1. The largest absolute Gasteiger partial charge is 0.273 e. The molecule has 1 heterocycles. The number of carbonyl (C=O) groups is 2. The molecule has 2 rings (SSSR count). The van der Waals surface area contributed by atoms with E-state index in [-0.39, 0.29) is 18.9 Å². The molecule has 0 fully saturated rings. The fraction of sp³-hybridized carbons (Fsp3) is 0.250. The van der Waals surface area contributed by atoms with Crippen LogP contribution in [0.2, 0.25) is 0 Å². The molecule has 0 radical (unpaired) electrons. The molecule has 0 spiro atoms. The van der Waals surface area contributed by atoms with E-state index in [9.17, 15) is 9.59 Å². The van der Waals surface area contributed by atoms with E-state index in [0.717, 1.165) is 11.1 Å². The van der Waals surface area contributed by atoms with Crippen LogP contribution in [0.25, 0.3) is 0 Å². The lowest BCUT2D eigenvalue weighted by molar-refractivity contribution is -0.129. The molecule has 0 saturated heterocycles. The van der Waals surface area contributed by atoms with Gasteiger partial charge in [-0.3, -0.25) is 20.4 Å². The number of amides is 2. The number of nitrogens with one attached hydrogen (secondary N) is 2. The van der Waals surface area contributed by atoms with Crippen LogP contribution < -0.4 is 10.9 Å². The van der Waals surface area contributed by atoms with Gasteiger partial charge in [-0.25, -0.2) is 4.68 Å². The van der Waals surface area contributed by atoms with Crippen LogP contribution in [0.1, 0.15) is 11.1 Å². The number of carbonyl (C=O) groups excluding carboxylic acids is 2. The third-order valence-electron chi connectivity index (χ3n) is 2.52. The molecule has 2 aromatic rings. The Morgan fingerprint density at radius 1 is 1.15 bits per heavy atom. The molecular formula is C12H14N6O2. The van der Waals surface area contributed by atoms with E-state index in [4.69, 9.17) is 0 Å². The van der Waals surface area contributed by atoms with E-state index in [2.05, 4.69) is 26.4 Å². The van der Waals surface area contributed by atoms with Gasteiger partial charge in [0.05, 0.1) is 6.42 Å². The van der Waals surface area contributed by atoms with Crippen LogP contribution in [0.5, 0.6) is 0 Å². The maximum atomic E-state index is 11.6. The lowest BCUT2D eigenvalue weighted by Gasteiger charge is -2.07. The van der Waals surface area contributed by atoms with Crippen LogP contribution in [0.3, 0.4) is 0 Å². The van der Waals surface area contributed by atoms with Crippen molar-refractivity contribution in [3.8, 4) is 0 Å². The van der Waals surface area contributed by atoms with Crippen molar-refractivity contribution in [3.63, 3.8) is 0 Å². The average molecular weight is 274 g/mol. The van der Waals surface area contributed by atoms with Gasteiger partial charge < -0.3 is 0 Å². The molecule has 2 amide bonds. The molecule has 0 bridgehead atoms. The SMILES string of the molecule is Cc1ccc(CC(=O)NNC(=O)Cn2cnnn2)cc1. The number of benzene rings is 1. The quantitative estimate of drug-likeness (QED) is 0.723. The molecule has 0 unspecified atom stereocenters. The summed E-state index contributed by atoms with van der Waals surface area (Å²) >= 11 is 0. The van der Waals surface area contributed by atoms with Crippen LogP contribution in [0.15, 0.2) is 30.6 Å². The highest BCUT2D eigenvalue weighted by Gasteiger charge is 2.07. The molecule has 0 aliphatic heterocycles. The van der Waals surface area contributed by atoms with E-state index in [1.54, 1.807) is 0 Å². The summed E-state index contributed by atoms with van der Waals surface area (Å²) in [6.07, 6.45) is 1.51. The minimum Gasteiger partial charge on any atom is -0.273 e. The van der Waals surface area contributed by atoms with Crippen LogP contribution in [-0.4, -0.2) is 32.0 Å². The highest BCUT2D eigenvalue weighted by Crippen LogP contribution is 2.03. The molecule has 20 heavy (non-hydrogen) atoms. The predicted octanol–water partition coefficient (Wildman–Crippen LogP) is -0.628. The van der Waals surface area contributed by atoms with Crippen molar-refractivity contribution in [1.82, 2.24) is 31.1 Å². The molecule has 1 aromatic heterocycles. The fourth-order valence-corrected chi connectivity index (χ4v) is 1.51. The Morgan fingerprint density at radius 3 is 2.50 bits per heavy atom. The first-order chi connectivity index (χ1) is 9.63. The van der Waals surface area contributed by atoms with Crippen LogP contribution >= 0.6 is 0 Å². The molecule has 0 aliphatic carbocycles. The molecule has 0 saturated carbocycles. The summed E-state index contributed by atoms with van der Waals surface area (Å²) in [6, 6.07) is 7.60. The summed E-state index contributed by atoms with van der Waals surface area (Å²) < 4.78 is 1.25. The van der Waals surface area contributed by atoms with Gasteiger partial charge in [-0.2, -0.15) is 0 Å². The van der Waals surface area contributed by atoms with Crippen molar-refractivity contribution in [1.29, 1.82) is 0 Å². The Hall–Kier alpha value is -2.77. The van der Waals surface area contributed by atoms with Crippen LogP contribution in [0.4, 0.5) is 0 Å². The molecule has 8 nitrogen and oxygen atoms in total. The van der Waals surface area contributed by atoms with Gasteiger partial charge in [0.2, 0.25) is 5.91 Å². The zero-order valence-electron chi connectivity index (χ0n) is 10.9. The summed E-state index contributed by atoms with van der Waals surface area (Å²) in [5.74, 6) is -0.700. The van der Waals surface area contributed by atoms with Gasteiger partial charge in [0.25, 0.3) is 5.91 Å². The third kappa shape index (κ3) is 4.16. The molecule has 0 aliphatic rings. The monoisotopic (exact) mass is 274 g/mol. The van der Waals surface area contributed by atoms with Crippen molar-refractivity contribution in [3.05, 3.63) is 41.7 Å². The molecular weight excluding hydrogens is 260 g/mol. The van der Waals surface area contributed by atoms with Crippen molar-refractivity contribution in [2.75, 3.05) is 0 Å². The van der Waals surface area contributed by atoms with E-state index < -0.39 is 5.91 Å². The van der Waals surface area contributed by atoms with Gasteiger partial charge in [-0.1, -0.05) is 29.8 Å². The predicted molar refractivity (Wildman–Crippen MR) is 69.0 cm³/mol. The summed E-state index contributed by atoms with van der Waals surface area (Å²) in [5, 5.41) is 10.3. The first kappa shape index (κ1) is 13.7. The average Bonchev–Trinajstić information content (AvgIpc) is 2.92. The molecule has 2 N–H and O–H groups in total. The number of rotatable bonds is 4. The first-order valence-electron chi connectivity index (χ1n) is 5.97. The van der Waals surface area contributed by atoms with Crippen molar-refractivity contribution < 1.29 is 9.59 Å². The highest BCUT2D eigenvalue weighted by molar-refractivity contribution is 5.83. The topological polar surface area (TPSA) is 102 Å². The third-order valence-corrected chi connectivity index (χ3v) is 2.52. The summed E-state index contributed by atoms with van der Waals surface area (Å²) in [6.45, 7) is 1.92. The number of nitrogens with zero attached hydrogens (tertiary/aromatic N) is 4. The highest BCUT2D eigenvalue weighted by atomic mass is 16.2. The fourth-order valence-electron chi connectivity index (χ4n) is 1.51. The lowest BCUT2D eigenvalue weighted by Crippen LogP contribution is -2.43. The van der Waals surface area contributed by atoms with Gasteiger partial charge >= 0.3 is 0 Å². The number of tetrazole rings is 1. The Labute approximate surface area is 115 Å². The van der Waals surface area contributed by atoms with Gasteiger partial charge in [-0.15, -0.1) is 5.10 Å². The van der Waals surface area contributed by atoms with Gasteiger partial charge in [0, 0.05) is 0 Å². The number of hydrogen-bond acceptors (Lipinski definition) is 5. The Bertz CT molecular complexity index is 579. The Morgan fingerprint density at radius 2 is 1.85 bits per heavy atom. The number of aryl methyl sites for hydroxylation is 1. The smallest absolute Gasteiger partial charge is 0.260 e. The van der Waals surface area contributed by atoms with Crippen molar-refractivity contribution in [2.45, 2.75) is 19.9 Å². The summed E-state index contributed by atoms with van der Waals surface area (Å²) in [7, 11) is 0. The van der Waals surface area contributed by atoms with Gasteiger partial charge in [0.1, 0.15) is 12.9 Å². The van der Waals surface area contributed by atoms with E-state index in [1.807, 2.05) is 31.2 Å². The molecule has 1 aromatic carbocycles. The van der Waals surface area contributed by atoms with Gasteiger partial charge in [-0.05, 0) is 22.9 Å². The molecule has 8 heteroatoms. The number of aromatic nitrogens is 4. The second-order valence-electron chi connectivity index (χ2n) is 4.27. The normalized spacial score (nSPS) is 10.1. The minimum atomic E-state index is -0.408. The van der Waals surface area contributed by atoms with E-state index in [0.29, 0.717) is 0 Å². The second-order valence-corrected chi connectivity index (χ2v) is 4.27. The maximum absolute atomic E-state index is 11.6. The molecule has 104 valence electrons. The maximum Gasteiger partial charge on any atom is 0.260 e. The lowest BCUT2D eigenvalue weighted by atomic mass is 10.1. The second kappa shape index (κ2) is 6.41. The van der Waals surface area contributed by atoms with Crippen molar-refractivity contribution >= 4 is 11.8 Å². The molecule has 0 atom stereocenters. The minimum absolute atomic E-state index is 0.0577. The zero-order chi connectivity index (χ0) is 14.4.